The van der Waals surface area contributed by atoms with Crippen molar-refractivity contribution in [1.82, 2.24) is 0 Å². The minimum absolute atomic E-state index is 0.0434. The molecule has 0 heterocycles. The van der Waals surface area contributed by atoms with Crippen molar-refractivity contribution in [2.24, 2.45) is 11.8 Å². The van der Waals surface area contributed by atoms with Gasteiger partial charge in [-0.05, 0) is 37.0 Å². The molecule has 3 rings (SSSR count). The smallest absolute Gasteiger partial charge is 0.311 e. The number of unbranched alkanes of at least 4 members (excludes halogenated alkanes) is 1. The number of aliphatic hydroxyl groups excluding tert-OH is 1. The van der Waals surface area contributed by atoms with E-state index in [1.165, 1.54) is 0 Å². The van der Waals surface area contributed by atoms with Gasteiger partial charge in [0, 0.05) is 36.7 Å². The number of Topliss-reactive ketones (excluding diaryl/α,β-unsaturated/α-hetero) is 2. The zero-order valence-corrected chi connectivity index (χ0v) is 18.7. The Bertz CT molecular complexity index is 991. The Morgan fingerprint density at radius 3 is 2.48 bits per heavy atom. The number of esters is 1. The van der Waals surface area contributed by atoms with Crippen molar-refractivity contribution >= 4 is 17.5 Å². The summed E-state index contributed by atoms with van der Waals surface area (Å²) in [7, 11) is 0. The normalized spacial score (nSPS) is 20.2. The molecular weight excluding hydrogens is 416 g/mol. The highest BCUT2D eigenvalue weighted by Gasteiger charge is 2.38. The molecule has 0 radical (unpaired) electrons. The van der Waals surface area contributed by atoms with Gasteiger partial charge in [-0.15, -0.1) is 6.58 Å². The lowest BCUT2D eigenvalue weighted by Crippen LogP contribution is -2.17. The molecule has 172 valence electrons. The van der Waals surface area contributed by atoms with Gasteiger partial charge in [-0.2, -0.15) is 0 Å². The number of carbonyl (C=O) groups is 3. The number of hydrogen-bond acceptors (Lipinski definition) is 5. The predicted molar refractivity (Wildman–Crippen MR) is 127 cm³/mol. The number of hydrogen-bond donors (Lipinski definition) is 1. The van der Waals surface area contributed by atoms with Gasteiger partial charge in [0.05, 0.1) is 6.10 Å². The van der Waals surface area contributed by atoms with Crippen molar-refractivity contribution in [2.75, 3.05) is 0 Å². The van der Waals surface area contributed by atoms with E-state index in [0.29, 0.717) is 37.0 Å². The summed E-state index contributed by atoms with van der Waals surface area (Å²) in [5.41, 5.74) is 1.54. The Morgan fingerprint density at radius 2 is 1.79 bits per heavy atom. The van der Waals surface area contributed by atoms with Crippen molar-refractivity contribution in [3.63, 3.8) is 0 Å². The van der Waals surface area contributed by atoms with Crippen molar-refractivity contribution in [3.05, 3.63) is 90.5 Å². The summed E-state index contributed by atoms with van der Waals surface area (Å²) in [6.45, 7) is 3.72. The molecule has 1 aliphatic rings. The summed E-state index contributed by atoms with van der Waals surface area (Å²) >= 11 is 0. The van der Waals surface area contributed by atoms with E-state index in [9.17, 15) is 19.5 Å². The summed E-state index contributed by atoms with van der Waals surface area (Å²) in [5, 5.41) is 9.87. The van der Waals surface area contributed by atoms with Crippen LogP contribution < -0.4 is 4.74 Å². The minimum Gasteiger partial charge on any atom is -0.427 e. The molecular formula is C28H30O5. The van der Waals surface area contributed by atoms with Crippen molar-refractivity contribution in [2.45, 2.75) is 44.6 Å². The number of carbonyl (C=O) groups excluding carboxylic acids is 3. The van der Waals surface area contributed by atoms with E-state index in [1.807, 2.05) is 30.4 Å². The molecule has 1 aliphatic carbocycles. The number of allylic oxidation sites excluding steroid dienone is 2. The van der Waals surface area contributed by atoms with Crippen LogP contribution in [0.15, 0.2) is 79.4 Å². The van der Waals surface area contributed by atoms with E-state index in [0.717, 1.165) is 5.56 Å². The Labute approximate surface area is 194 Å². The first kappa shape index (κ1) is 24.3. The van der Waals surface area contributed by atoms with Crippen LogP contribution in [0, 0.1) is 11.8 Å². The van der Waals surface area contributed by atoms with Crippen LogP contribution in [0.2, 0.25) is 0 Å². The van der Waals surface area contributed by atoms with Gasteiger partial charge in [0.1, 0.15) is 11.5 Å². The first-order valence-corrected chi connectivity index (χ1v) is 11.3. The van der Waals surface area contributed by atoms with Gasteiger partial charge >= 0.3 is 5.97 Å². The molecule has 2 aromatic carbocycles. The molecule has 3 atom stereocenters. The van der Waals surface area contributed by atoms with Crippen LogP contribution in [-0.2, 0) is 16.0 Å². The van der Waals surface area contributed by atoms with Crippen LogP contribution in [0.25, 0.3) is 0 Å². The van der Waals surface area contributed by atoms with Gasteiger partial charge in [-0.1, -0.05) is 60.7 Å². The second-order valence-corrected chi connectivity index (χ2v) is 8.34. The van der Waals surface area contributed by atoms with Gasteiger partial charge in [-0.25, -0.2) is 0 Å². The standard InChI is InChI=1S/C28H30O5/c1-2-23-24(27(31)19-26(23)30)12-8-3-4-9-13-28(32)33-22-16-14-20(15-17-22)18-25(29)21-10-6-5-7-11-21/h2-3,5-8,10-11,14-17,23-24,26,30H,1,4,9,12-13,18-19H2/b8-3-/t23-,24-,26-/m1/s1. The van der Waals surface area contributed by atoms with Crippen LogP contribution in [-0.4, -0.2) is 28.7 Å². The van der Waals surface area contributed by atoms with E-state index < -0.39 is 6.10 Å². The third-order valence-corrected chi connectivity index (χ3v) is 5.93. The maximum Gasteiger partial charge on any atom is 0.311 e. The van der Waals surface area contributed by atoms with Crippen LogP contribution in [0.4, 0.5) is 0 Å². The maximum absolute atomic E-state index is 12.3. The largest absolute Gasteiger partial charge is 0.427 e. The second kappa shape index (κ2) is 12.1. The monoisotopic (exact) mass is 446 g/mol. The quantitative estimate of drug-likeness (QED) is 0.175. The fraction of sp³-hybridized carbons (Fsp3) is 0.321. The van der Waals surface area contributed by atoms with Gasteiger partial charge < -0.3 is 9.84 Å². The van der Waals surface area contributed by atoms with Crippen LogP contribution >= 0.6 is 0 Å². The Kier molecular flexibility index (Phi) is 8.90. The molecule has 2 aromatic rings. The predicted octanol–water partition coefficient (Wildman–Crippen LogP) is 4.89. The van der Waals surface area contributed by atoms with Gasteiger partial charge in [0.25, 0.3) is 0 Å². The zero-order valence-electron chi connectivity index (χ0n) is 18.7. The average molecular weight is 447 g/mol. The van der Waals surface area contributed by atoms with E-state index >= 15 is 0 Å². The highest BCUT2D eigenvalue weighted by molar-refractivity contribution is 5.97. The summed E-state index contributed by atoms with van der Waals surface area (Å²) in [6, 6.07) is 16.1. The van der Waals surface area contributed by atoms with Crippen LogP contribution in [0.3, 0.4) is 0 Å². The molecule has 0 aliphatic heterocycles. The molecule has 0 saturated heterocycles. The Morgan fingerprint density at radius 1 is 1.06 bits per heavy atom. The van der Waals surface area contributed by atoms with Crippen molar-refractivity contribution in [3.8, 4) is 5.75 Å². The first-order valence-electron chi connectivity index (χ1n) is 11.3. The van der Waals surface area contributed by atoms with Gasteiger partial charge in [0.2, 0.25) is 0 Å². The van der Waals surface area contributed by atoms with E-state index in [4.69, 9.17) is 4.74 Å². The molecule has 1 N–H and O–H groups in total. The third kappa shape index (κ3) is 7.09. The number of ketones is 2. The second-order valence-electron chi connectivity index (χ2n) is 8.34. The number of aliphatic hydroxyl groups is 1. The average Bonchev–Trinajstić information content (AvgIpc) is 3.09. The van der Waals surface area contributed by atoms with E-state index in [1.54, 1.807) is 42.5 Å². The summed E-state index contributed by atoms with van der Waals surface area (Å²) in [4.78, 5) is 36.3. The molecule has 1 fully saturated rings. The molecule has 0 spiro atoms. The minimum atomic E-state index is -0.624. The fourth-order valence-corrected chi connectivity index (χ4v) is 4.08. The molecule has 1 saturated carbocycles. The van der Waals surface area contributed by atoms with Crippen LogP contribution in [0.1, 0.15) is 48.0 Å². The number of benzene rings is 2. The maximum atomic E-state index is 12.3. The highest BCUT2D eigenvalue weighted by atomic mass is 16.5. The molecule has 0 unspecified atom stereocenters. The first-order chi connectivity index (χ1) is 16.0. The third-order valence-electron chi connectivity index (χ3n) is 5.93. The summed E-state index contributed by atoms with van der Waals surface area (Å²) < 4.78 is 5.37. The molecule has 33 heavy (non-hydrogen) atoms. The van der Waals surface area contributed by atoms with Crippen molar-refractivity contribution in [1.29, 1.82) is 0 Å². The number of rotatable bonds is 11. The van der Waals surface area contributed by atoms with Crippen molar-refractivity contribution < 1.29 is 24.2 Å². The van der Waals surface area contributed by atoms with Crippen LogP contribution in [0.5, 0.6) is 5.75 Å². The molecule has 0 amide bonds. The Balaban J connectivity index is 1.36. The van der Waals surface area contributed by atoms with E-state index in [-0.39, 0.29) is 42.2 Å². The summed E-state index contributed by atoms with van der Waals surface area (Å²) in [5.74, 6) is -0.111. The fourth-order valence-electron chi connectivity index (χ4n) is 4.08. The lowest BCUT2D eigenvalue weighted by Gasteiger charge is -2.14. The lowest BCUT2D eigenvalue weighted by atomic mass is 9.91. The van der Waals surface area contributed by atoms with Gasteiger partial charge in [-0.3, -0.25) is 14.4 Å². The SMILES string of the molecule is C=C[C@H]1[C@H](O)CC(=O)[C@@H]1C/C=C\CCCC(=O)Oc1ccc(CC(=O)c2ccccc2)cc1. The molecule has 5 heteroatoms. The molecule has 0 bridgehead atoms. The summed E-state index contributed by atoms with van der Waals surface area (Å²) in [6.07, 6.45) is 7.66. The highest BCUT2D eigenvalue weighted by Crippen LogP contribution is 2.32. The zero-order chi connectivity index (χ0) is 23.6. The number of ether oxygens (including phenoxy) is 1. The molecule has 0 aromatic heterocycles. The lowest BCUT2D eigenvalue weighted by molar-refractivity contribution is -0.134. The Hall–Kier alpha value is -3.31. The topological polar surface area (TPSA) is 80.7 Å². The molecule has 5 nitrogen and oxygen atoms in total. The van der Waals surface area contributed by atoms with Gasteiger partial charge in [0.15, 0.2) is 5.78 Å². The van der Waals surface area contributed by atoms with E-state index in [2.05, 4.69) is 6.58 Å².